The number of nitrogens with zero attached hydrogens (tertiary/aromatic N) is 4. The molecule has 0 saturated heterocycles. The minimum atomic E-state index is 0.374. The highest BCUT2D eigenvalue weighted by Gasteiger charge is 2.23. The van der Waals surface area contributed by atoms with E-state index in [9.17, 15) is 0 Å². The van der Waals surface area contributed by atoms with Gasteiger partial charge in [-0.25, -0.2) is 0 Å². The molecule has 4 nitrogen and oxygen atoms in total. The molecule has 1 aliphatic rings. The van der Waals surface area contributed by atoms with Gasteiger partial charge in [0, 0.05) is 13.1 Å². The first-order valence-electron chi connectivity index (χ1n) is 6.17. The lowest BCUT2D eigenvalue weighted by atomic mass is 9.86. The Bertz CT molecular complexity index is 406. The Morgan fingerprint density at radius 2 is 2.18 bits per heavy atom. The van der Waals surface area contributed by atoms with Gasteiger partial charge in [0.1, 0.15) is 6.07 Å². The van der Waals surface area contributed by atoms with Crippen molar-refractivity contribution < 1.29 is 0 Å². The van der Waals surface area contributed by atoms with Gasteiger partial charge in [-0.05, 0) is 30.9 Å². The maximum absolute atomic E-state index is 8.68. The molecule has 2 atom stereocenters. The van der Waals surface area contributed by atoms with Gasteiger partial charge in [0.2, 0.25) is 0 Å². The van der Waals surface area contributed by atoms with Crippen LogP contribution in [0.4, 0.5) is 5.82 Å². The van der Waals surface area contributed by atoms with Crippen LogP contribution in [0.15, 0.2) is 12.1 Å². The van der Waals surface area contributed by atoms with Crippen LogP contribution in [-0.4, -0.2) is 23.3 Å². The molecule has 1 fully saturated rings. The highest BCUT2D eigenvalue weighted by Crippen LogP contribution is 2.28. The molecule has 4 heteroatoms. The zero-order chi connectivity index (χ0) is 12.3. The molecular weight excluding hydrogens is 212 g/mol. The monoisotopic (exact) mass is 230 g/mol. The van der Waals surface area contributed by atoms with E-state index in [-0.39, 0.29) is 0 Å². The highest BCUT2D eigenvalue weighted by molar-refractivity contribution is 5.39. The summed E-state index contributed by atoms with van der Waals surface area (Å²) < 4.78 is 0. The van der Waals surface area contributed by atoms with Crippen molar-refractivity contribution in [2.75, 3.05) is 11.9 Å². The normalized spacial score (nSPS) is 24.1. The molecular formula is C13H18N4. The van der Waals surface area contributed by atoms with E-state index in [1.54, 1.807) is 6.07 Å². The van der Waals surface area contributed by atoms with Crippen LogP contribution in [0.25, 0.3) is 0 Å². The summed E-state index contributed by atoms with van der Waals surface area (Å²) in [7, 11) is 2.07. The first-order chi connectivity index (χ1) is 8.20. The Morgan fingerprint density at radius 3 is 2.76 bits per heavy atom. The van der Waals surface area contributed by atoms with Gasteiger partial charge in [-0.2, -0.15) is 5.26 Å². The van der Waals surface area contributed by atoms with Gasteiger partial charge in [-0.3, -0.25) is 0 Å². The van der Waals surface area contributed by atoms with Gasteiger partial charge in [-0.1, -0.05) is 19.8 Å². The van der Waals surface area contributed by atoms with Gasteiger partial charge in [0.25, 0.3) is 0 Å². The summed E-state index contributed by atoms with van der Waals surface area (Å²) in [5, 5.41) is 16.7. The quantitative estimate of drug-likeness (QED) is 0.782. The second-order valence-corrected chi connectivity index (χ2v) is 4.93. The van der Waals surface area contributed by atoms with Crippen LogP contribution in [0.2, 0.25) is 0 Å². The minimum Gasteiger partial charge on any atom is -0.355 e. The molecule has 0 radical (unpaired) electrons. The Labute approximate surface area is 102 Å². The van der Waals surface area contributed by atoms with Gasteiger partial charge in [-0.15, -0.1) is 10.2 Å². The van der Waals surface area contributed by atoms with Crippen molar-refractivity contribution in [3.05, 3.63) is 17.8 Å². The molecule has 0 N–H and O–H groups in total. The predicted molar refractivity (Wildman–Crippen MR) is 66.6 cm³/mol. The van der Waals surface area contributed by atoms with E-state index in [1.807, 2.05) is 12.1 Å². The lowest BCUT2D eigenvalue weighted by Gasteiger charge is -2.34. The summed E-state index contributed by atoms with van der Waals surface area (Å²) >= 11 is 0. The second-order valence-electron chi connectivity index (χ2n) is 4.93. The van der Waals surface area contributed by atoms with Crippen LogP contribution in [0, 0.1) is 17.2 Å². The van der Waals surface area contributed by atoms with Crippen LogP contribution < -0.4 is 4.90 Å². The lowest BCUT2D eigenvalue weighted by molar-refractivity contribution is 0.335. The molecule has 0 spiro atoms. The molecule has 1 aliphatic carbocycles. The fourth-order valence-electron chi connectivity index (χ4n) is 2.51. The highest BCUT2D eigenvalue weighted by atomic mass is 15.3. The van der Waals surface area contributed by atoms with Crippen molar-refractivity contribution in [2.24, 2.45) is 5.92 Å². The van der Waals surface area contributed by atoms with Gasteiger partial charge < -0.3 is 4.90 Å². The second kappa shape index (κ2) is 5.13. The van der Waals surface area contributed by atoms with E-state index < -0.39 is 0 Å². The molecule has 1 aromatic heterocycles. The topological polar surface area (TPSA) is 52.8 Å². The first kappa shape index (κ1) is 11.8. The summed E-state index contributed by atoms with van der Waals surface area (Å²) in [6.07, 6.45) is 5.07. The molecule has 2 rings (SSSR count). The lowest BCUT2D eigenvalue weighted by Crippen LogP contribution is -2.36. The van der Waals surface area contributed by atoms with Gasteiger partial charge >= 0.3 is 0 Å². The minimum absolute atomic E-state index is 0.374. The number of hydrogen-bond donors (Lipinski definition) is 0. The van der Waals surface area contributed by atoms with Crippen molar-refractivity contribution in [3.8, 4) is 6.07 Å². The molecule has 90 valence electrons. The molecule has 0 amide bonds. The Kier molecular flexibility index (Phi) is 3.58. The average Bonchev–Trinajstić information content (AvgIpc) is 2.38. The van der Waals surface area contributed by atoms with E-state index in [0.717, 1.165) is 11.7 Å². The zero-order valence-corrected chi connectivity index (χ0v) is 10.4. The largest absolute Gasteiger partial charge is 0.355 e. The van der Waals surface area contributed by atoms with Gasteiger partial charge in [0.15, 0.2) is 11.5 Å². The van der Waals surface area contributed by atoms with Crippen molar-refractivity contribution in [1.82, 2.24) is 10.2 Å². The Balaban J connectivity index is 2.07. The number of nitriles is 1. The van der Waals surface area contributed by atoms with Gasteiger partial charge in [0.05, 0.1) is 0 Å². The Morgan fingerprint density at radius 1 is 1.35 bits per heavy atom. The van der Waals surface area contributed by atoms with Crippen LogP contribution in [0.3, 0.4) is 0 Å². The van der Waals surface area contributed by atoms with Crippen LogP contribution >= 0.6 is 0 Å². The fraction of sp³-hybridized carbons (Fsp3) is 0.615. The van der Waals surface area contributed by atoms with Crippen molar-refractivity contribution in [2.45, 2.75) is 38.6 Å². The summed E-state index contributed by atoms with van der Waals surface area (Å²) in [5.74, 6) is 1.66. The standard InChI is InChI=1S/C13H18N4/c1-10-4-3-5-12(8-10)17(2)13-7-6-11(9-14)15-16-13/h6-7,10,12H,3-5,8H2,1-2H3. The SMILES string of the molecule is CC1CCCC(N(C)c2ccc(C#N)nn2)C1. The van der Waals surface area contributed by atoms with Crippen molar-refractivity contribution in [1.29, 1.82) is 5.26 Å². The zero-order valence-electron chi connectivity index (χ0n) is 10.4. The maximum Gasteiger partial charge on any atom is 0.163 e. The number of hydrogen-bond acceptors (Lipinski definition) is 4. The molecule has 2 unspecified atom stereocenters. The smallest absolute Gasteiger partial charge is 0.163 e. The van der Waals surface area contributed by atoms with Crippen LogP contribution in [-0.2, 0) is 0 Å². The summed E-state index contributed by atoms with van der Waals surface area (Å²) in [6, 6.07) is 6.15. The fourth-order valence-corrected chi connectivity index (χ4v) is 2.51. The molecule has 0 bridgehead atoms. The maximum atomic E-state index is 8.68. The number of anilines is 1. The van der Waals surface area contributed by atoms with E-state index in [0.29, 0.717) is 11.7 Å². The van der Waals surface area contributed by atoms with E-state index in [1.165, 1.54) is 25.7 Å². The first-order valence-corrected chi connectivity index (χ1v) is 6.17. The third kappa shape index (κ3) is 2.73. The van der Waals surface area contributed by atoms with Crippen LogP contribution in [0.5, 0.6) is 0 Å². The molecule has 0 aromatic carbocycles. The number of rotatable bonds is 2. The summed E-state index contributed by atoms with van der Waals surface area (Å²) in [5.41, 5.74) is 0.374. The van der Waals surface area contributed by atoms with Crippen molar-refractivity contribution in [3.63, 3.8) is 0 Å². The third-order valence-corrected chi connectivity index (χ3v) is 3.58. The molecule has 1 saturated carbocycles. The predicted octanol–water partition coefficient (Wildman–Crippen LogP) is 2.36. The third-order valence-electron chi connectivity index (χ3n) is 3.58. The van der Waals surface area contributed by atoms with E-state index >= 15 is 0 Å². The summed E-state index contributed by atoms with van der Waals surface area (Å²) in [4.78, 5) is 2.20. The average molecular weight is 230 g/mol. The van der Waals surface area contributed by atoms with Crippen molar-refractivity contribution >= 4 is 5.82 Å². The molecule has 1 aromatic rings. The van der Waals surface area contributed by atoms with E-state index in [2.05, 4.69) is 29.1 Å². The summed E-state index contributed by atoms with van der Waals surface area (Å²) in [6.45, 7) is 2.31. The number of aromatic nitrogens is 2. The molecule has 1 heterocycles. The molecule has 0 aliphatic heterocycles. The Hall–Kier alpha value is -1.63. The van der Waals surface area contributed by atoms with Crippen LogP contribution in [0.1, 0.15) is 38.3 Å². The molecule has 17 heavy (non-hydrogen) atoms. The van der Waals surface area contributed by atoms with E-state index in [4.69, 9.17) is 5.26 Å².